The van der Waals surface area contributed by atoms with E-state index in [9.17, 15) is 0 Å². The predicted molar refractivity (Wildman–Crippen MR) is 134 cm³/mol. The van der Waals surface area contributed by atoms with Crippen LogP contribution < -0.4 is 15.5 Å². The van der Waals surface area contributed by atoms with Crippen LogP contribution in [0.15, 0.2) is 53.7 Å². The molecule has 0 amide bonds. The molecule has 3 rings (SSSR count). The van der Waals surface area contributed by atoms with E-state index < -0.39 is 0 Å². The summed E-state index contributed by atoms with van der Waals surface area (Å²) in [5, 5.41) is 6.93. The van der Waals surface area contributed by atoms with Gasteiger partial charge >= 0.3 is 0 Å². The Bertz CT molecular complexity index is 831. The highest BCUT2D eigenvalue weighted by Gasteiger charge is 2.18. The van der Waals surface area contributed by atoms with Gasteiger partial charge in [0.2, 0.25) is 0 Å². The first-order valence-electron chi connectivity index (χ1n) is 11.6. The molecule has 0 aliphatic carbocycles. The third kappa shape index (κ3) is 7.21. The molecule has 1 aliphatic rings. The van der Waals surface area contributed by atoms with Crippen molar-refractivity contribution in [2.75, 3.05) is 58.8 Å². The van der Waals surface area contributed by atoms with E-state index in [0.717, 1.165) is 57.5 Å². The first kappa shape index (κ1) is 24.0. The lowest BCUT2D eigenvalue weighted by molar-refractivity contribution is 0.238. The second kappa shape index (κ2) is 12.4. The fourth-order valence-electron chi connectivity index (χ4n) is 3.92. The van der Waals surface area contributed by atoms with Crippen molar-refractivity contribution < 1.29 is 0 Å². The standard InChI is InChI=1S/C25H39N7/c1-21(31(4)20-22-9-6-5-7-10-22)12-14-28-25(26-2)29-19-23-11-8-13-27-24(23)32-17-15-30(3)16-18-32/h5-11,13,21H,12,14-20H2,1-4H3,(H2,26,28,29). The number of anilines is 1. The molecule has 1 aromatic carbocycles. The van der Waals surface area contributed by atoms with E-state index in [4.69, 9.17) is 0 Å². The SMILES string of the molecule is CN=C(NCCC(C)N(C)Cc1ccccc1)NCc1cccnc1N1CCN(C)CC1. The van der Waals surface area contributed by atoms with E-state index in [2.05, 4.69) is 92.7 Å². The number of benzene rings is 1. The van der Waals surface area contributed by atoms with E-state index in [-0.39, 0.29) is 0 Å². The van der Waals surface area contributed by atoms with Crippen molar-refractivity contribution in [1.29, 1.82) is 0 Å². The molecule has 1 unspecified atom stereocenters. The Kier molecular flexibility index (Phi) is 9.31. The highest BCUT2D eigenvalue weighted by atomic mass is 15.3. The minimum Gasteiger partial charge on any atom is -0.356 e. The van der Waals surface area contributed by atoms with Crippen molar-refractivity contribution in [3.05, 3.63) is 59.8 Å². The van der Waals surface area contributed by atoms with Crippen molar-refractivity contribution >= 4 is 11.8 Å². The molecule has 1 fully saturated rings. The molecular formula is C25H39N7. The monoisotopic (exact) mass is 437 g/mol. The van der Waals surface area contributed by atoms with Gasteiger partial charge in [0.05, 0.1) is 0 Å². The molecule has 1 atom stereocenters. The molecule has 1 aliphatic heterocycles. The van der Waals surface area contributed by atoms with Gasteiger partial charge in [0.15, 0.2) is 5.96 Å². The number of likely N-dealkylation sites (N-methyl/N-ethyl adjacent to an activating group) is 1. The number of hydrogen-bond acceptors (Lipinski definition) is 5. The first-order valence-corrected chi connectivity index (χ1v) is 11.6. The number of aliphatic imine (C=N–C) groups is 1. The Morgan fingerprint density at radius 3 is 2.56 bits per heavy atom. The zero-order valence-corrected chi connectivity index (χ0v) is 20.1. The highest BCUT2D eigenvalue weighted by molar-refractivity contribution is 5.79. The second-order valence-electron chi connectivity index (χ2n) is 8.67. The maximum absolute atomic E-state index is 4.67. The molecule has 2 N–H and O–H groups in total. The topological polar surface area (TPSA) is 59.0 Å². The third-order valence-electron chi connectivity index (χ3n) is 6.22. The minimum absolute atomic E-state index is 0.475. The van der Waals surface area contributed by atoms with Crippen LogP contribution in [-0.2, 0) is 13.1 Å². The molecule has 7 nitrogen and oxygen atoms in total. The molecule has 0 spiro atoms. The number of pyridine rings is 1. The quantitative estimate of drug-likeness (QED) is 0.464. The van der Waals surface area contributed by atoms with Crippen molar-refractivity contribution in [2.45, 2.75) is 32.5 Å². The summed E-state index contributed by atoms with van der Waals surface area (Å²) in [4.78, 5) is 16.2. The summed E-state index contributed by atoms with van der Waals surface area (Å²) in [6.45, 7) is 9.00. The van der Waals surface area contributed by atoms with Crippen molar-refractivity contribution in [3.63, 3.8) is 0 Å². The number of rotatable bonds is 9. The van der Waals surface area contributed by atoms with Gasteiger partial charge in [-0.1, -0.05) is 36.4 Å². The maximum atomic E-state index is 4.67. The van der Waals surface area contributed by atoms with Gasteiger partial charge in [0, 0.05) is 70.7 Å². The normalized spacial score (nSPS) is 16.3. The minimum atomic E-state index is 0.475. The summed E-state index contributed by atoms with van der Waals surface area (Å²) in [7, 11) is 6.19. The fourth-order valence-corrected chi connectivity index (χ4v) is 3.92. The maximum Gasteiger partial charge on any atom is 0.191 e. The van der Waals surface area contributed by atoms with Crippen LogP contribution in [0.5, 0.6) is 0 Å². The first-order chi connectivity index (χ1) is 15.6. The van der Waals surface area contributed by atoms with Gasteiger partial charge in [-0.3, -0.25) is 9.89 Å². The number of nitrogens with zero attached hydrogens (tertiary/aromatic N) is 5. The molecule has 0 saturated carbocycles. The number of aromatic nitrogens is 1. The summed E-state index contributed by atoms with van der Waals surface area (Å²) in [5.41, 5.74) is 2.55. The van der Waals surface area contributed by atoms with E-state index in [1.807, 2.05) is 19.3 Å². The molecular weight excluding hydrogens is 398 g/mol. The van der Waals surface area contributed by atoms with Crippen LogP contribution in [0.4, 0.5) is 5.82 Å². The average molecular weight is 438 g/mol. The summed E-state index contributed by atoms with van der Waals surface area (Å²) in [5.74, 6) is 1.91. The Labute approximate surface area is 193 Å². The number of piperazine rings is 1. The van der Waals surface area contributed by atoms with Crippen molar-refractivity contribution in [3.8, 4) is 0 Å². The van der Waals surface area contributed by atoms with E-state index in [1.54, 1.807) is 0 Å². The average Bonchev–Trinajstić information content (AvgIpc) is 2.82. The summed E-state index contributed by atoms with van der Waals surface area (Å²) < 4.78 is 0. The number of hydrogen-bond donors (Lipinski definition) is 2. The van der Waals surface area contributed by atoms with Gasteiger partial charge in [-0.25, -0.2) is 4.98 Å². The molecule has 174 valence electrons. The zero-order chi connectivity index (χ0) is 22.8. The van der Waals surface area contributed by atoms with Gasteiger partial charge in [-0.2, -0.15) is 0 Å². The lowest BCUT2D eigenvalue weighted by Gasteiger charge is -2.34. The largest absolute Gasteiger partial charge is 0.356 e. The Balaban J connectivity index is 1.44. The van der Waals surface area contributed by atoms with Crippen LogP contribution in [0, 0.1) is 0 Å². The van der Waals surface area contributed by atoms with Crippen LogP contribution >= 0.6 is 0 Å². The van der Waals surface area contributed by atoms with Gasteiger partial charge in [0.1, 0.15) is 5.82 Å². The van der Waals surface area contributed by atoms with Crippen LogP contribution in [0.2, 0.25) is 0 Å². The van der Waals surface area contributed by atoms with Crippen LogP contribution in [-0.4, -0.2) is 80.7 Å². The van der Waals surface area contributed by atoms with Gasteiger partial charge in [0.25, 0.3) is 0 Å². The lowest BCUT2D eigenvalue weighted by atomic mass is 10.1. The molecule has 0 bridgehead atoms. The molecule has 32 heavy (non-hydrogen) atoms. The molecule has 2 heterocycles. The highest BCUT2D eigenvalue weighted by Crippen LogP contribution is 2.18. The van der Waals surface area contributed by atoms with Crippen molar-refractivity contribution in [2.24, 2.45) is 4.99 Å². The third-order valence-corrected chi connectivity index (χ3v) is 6.22. The summed E-state index contributed by atoms with van der Waals surface area (Å²) in [6.07, 6.45) is 2.93. The van der Waals surface area contributed by atoms with Crippen LogP contribution in [0.25, 0.3) is 0 Å². The molecule has 2 aromatic rings. The van der Waals surface area contributed by atoms with Crippen LogP contribution in [0.1, 0.15) is 24.5 Å². The lowest BCUT2D eigenvalue weighted by Crippen LogP contribution is -2.45. The zero-order valence-electron chi connectivity index (χ0n) is 20.1. The van der Waals surface area contributed by atoms with Gasteiger partial charge in [-0.05, 0) is 39.1 Å². The fraction of sp³-hybridized carbons (Fsp3) is 0.520. The van der Waals surface area contributed by atoms with Crippen molar-refractivity contribution in [1.82, 2.24) is 25.4 Å². The Morgan fingerprint density at radius 2 is 1.84 bits per heavy atom. The summed E-state index contributed by atoms with van der Waals surface area (Å²) in [6, 6.07) is 15.3. The second-order valence-corrected chi connectivity index (χ2v) is 8.67. The van der Waals surface area contributed by atoms with E-state index in [1.165, 1.54) is 11.1 Å². The predicted octanol–water partition coefficient (Wildman–Crippen LogP) is 2.41. The molecule has 1 saturated heterocycles. The van der Waals surface area contributed by atoms with Gasteiger partial charge < -0.3 is 20.4 Å². The molecule has 0 radical (unpaired) electrons. The smallest absolute Gasteiger partial charge is 0.191 e. The summed E-state index contributed by atoms with van der Waals surface area (Å²) >= 11 is 0. The molecule has 7 heteroatoms. The number of guanidine groups is 1. The Hall–Kier alpha value is -2.64. The van der Waals surface area contributed by atoms with E-state index >= 15 is 0 Å². The molecule has 1 aromatic heterocycles. The number of nitrogens with one attached hydrogen (secondary N) is 2. The Morgan fingerprint density at radius 1 is 1.09 bits per heavy atom. The van der Waals surface area contributed by atoms with E-state index in [0.29, 0.717) is 12.6 Å². The van der Waals surface area contributed by atoms with Gasteiger partial charge in [-0.15, -0.1) is 0 Å². The van der Waals surface area contributed by atoms with Crippen LogP contribution in [0.3, 0.4) is 0 Å².